The van der Waals surface area contributed by atoms with Crippen molar-refractivity contribution in [2.75, 3.05) is 11.9 Å². The summed E-state index contributed by atoms with van der Waals surface area (Å²) in [7, 11) is 0. The molecule has 0 atom stereocenters. The predicted octanol–water partition coefficient (Wildman–Crippen LogP) is 2.42. The van der Waals surface area contributed by atoms with E-state index in [0.29, 0.717) is 9.88 Å². The third-order valence-electron chi connectivity index (χ3n) is 2.72. The number of thiophene rings is 1. The molecule has 0 saturated carbocycles. The Morgan fingerprint density at radius 3 is 2.38 bits per heavy atom. The lowest BCUT2D eigenvalue weighted by atomic mass is 10.1. The number of nitrogens with one attached hydrogen (secondary N) is 1. The molecule has 1 heterocycles. The van der Waals surface area contributed by atoms with E-state index in [9.17, 15) is 14.4 Å². The van der Waals surface area contributed by atoms with Crippen LogP contribution in [0.25, 0.3) is 0 Å². The molecule has 0 fully saturated rings. The molecular weight excluding hydrogens is 292 g/mol. The van der Waals surface area contributed by atoms with Crippen molar-refractivity contribution in [1.82, 2.24) is 4.90 Å². The Labute approximate surface area is 127 Å². The van der Waals surface area contributed by atoms with Gasteiger partial charge < -0.3 is 15.3 Å². The average Bonchev–Trinajstić information content (AvgIpc) is 2.74. The number of nitrogens with zero attached hydrogens (tertiary/aromatic N) is 1. The van der Waals surface area contributed by atoms with Gasteiger partial charge in [0.25, 0.3) is 5.91 Å². The minimum Gasteiger partial charge on any atom is -0.481 e. The van der Waals surface area contributed by atoms with Gasteiger partial charge in [-0.1, -0.05) is 0 Å². The number of carbonyl (C=O) groups is 3. The number of carbonyl (C=O) groups excluding carboxylic acids is 2. The summed E-state index contributed by atoms with van der Waals surface area (Å²) in [5.74, 6) is -1.37. The van der Waals surface area contributed by atoms with Crippen molar-refractivity contribution in [3.63, 3.8) is 0 Å². The van der Waals surface area contributed by atoms with Crippen LogP contribution in [-0.4, -0.2) is 39.9 Å². The molecule has 0 spiro atoms. The quantitative estimate of drug-likeness (QED) is 0.874. The fraction of sp³-hybridized carbons (Fsp3) is 0.500. The first-order chi connectivity index (χ1) is 9.61. The van der Waals surface area contributed by atoms with Gasteiger partial charge in [-0.2, -0.15) is 0 Å². The third-order valence-corrected chi connectivity index (χ3v) is 3.71. The van der Waals surface area contributed by atoms with Crippen molar-refractivity contribution < 1.29 is 19.5 Å². The van der Waals surface area contributed by atoms with Gasteiger partial charge >= 0.3 is 5.97 Å². The molecular formula is C14H20N2O4S. The van der Waals surface area contributed by atoms with Gasteiger partial charge in [0, 0.05) is 19.0 Å². The Hall–Kier alpha value is -1.89. The van der Waals surface area contributed by atoms with Crippen molar-refractivity contribution in [2.24, 2.45) is 0 Å². The number of aliphatic carboxylic acids is 1. The molecule has 0 aliphatic rings. The highest BCUT2D eigenvalue weighted by Gasteiger charge is 2.28. The molecule has 2 N–H and O–H groups in total. The summed E-state index contributed by atoms with van der Waals surface area (Å²) in [5.41, 5.74) is -0.481. The number of carboxylic acids is 1. The molecule has 6 nitrogen and oxygen atoms in total. The van der Waals surface area contributed by atoms with Crippen LogP contribution in [0.2, 0.25) is 0 Å². The van der Waals surface area contributed by atoms with Gasteiger partial charge in [0.15, 0.2) is 0 Å². The van der Waals surface area contributed by atoms with Crippen molar-refractivity contribution in [2.45, 2.75) is 39.7 Å². The molecule has 0 aliphatic heterocycles. The largest absolute Gasteiger partial charge is 0.481 e. The highest BCUT2D eigenvalue weighted by atomic mass is 32.1. The van der Waals surface area contributed by atoms with Gasteiger partial charge in [-0.15, -0.1) is 11.3 Å². The Morgan fingerprint density at radius 2 is 1.90 bits per heavy atom. The maximum absolute atomic E-state index is 12.5. The number of hydrogen-bond donors (Lipinski definition) is 2. The molecule has 0 unspecified atom stereocenters. The van der Waals surface area contributed by atoms with E-state index >= 15 is 0 Å². The summed E-state index contributed by atoms with van der Waals surface area (Å²) in [6.45, 7) is 7.11. The van der Waals surface area contributed by atoms with Crippen LogP contribution in [0.5, 0.6) is 0 Å². The van der Waals surface area contributed by atoms with Crippen LogP contribution in [0, 0.1) is 0 Å². The lowest BCUT2D eigenvalue weighted by Gasteiger charge is -2.35. The van der Waals surface area contributed by atoms with E-state index < -0.39 is 11.5 Å². The molecule has 1 rings (SSSR count). The summed E-state index contributed by atoms with van der Waals surface area (Å²) in [6, 6.07) is 3.30. The standard InChI is InChI=1S/C14H20N2O4S/c1-9(17)15-11-6-5-10(21-11)13(20)16(14(2,3)4)8-7-12(18)19/h5-6H,7-8H2,1-4H3,(H,15,17)(H,18,19). The molecule has 0 bridgehead atoms. The normalized spacial score (nSPS) is 11.0. The predicted molar refractivity (Wildman–Crippen MR) is 81.7 cm³/mol. The second-order valence-corrected chi connectivity index (χ2v) is 6.70. The lowest BCUT2D eigenvalue weighted by Crippen LogP contribution is -2.46. The lowest BCUT2D eigenvalue weighted by molar-refractivity contribution is -0.137. The molecule has 116 valence electrons. The number of anilines is 1. The van der Waals surface area contributed by atoms with Crippen LogP contribution in [-0.2, 0) is 9.59 Å². The molecule has 0 aromatic carbocycles. The summed E-state index contributed by atoms with van der Waals surface area (Å²) < 4.78 is 0. The molecule has 21 heavy (non-hydrogen) atoms. The molecule has 7 heteroatoms. The van der Waals surface area contributed by atoms with Gasteiger partial charge in [-0.05, 0) is 32.9 Å². The first-order valence-corrected chi connectivity index (χ1v) is 7.34. The van der Waals surface area contributed by atoms with E-state index in [0.717, 1.165) is 0 Å². The van der Waals surface area contributed by atoms with E-state index in [1.54, 1.807) is 12.1 Å². The number of carboxylic acid groups (broad SMARTS) is 1. The highest BCUT2D eigenvalue weighted by Crippen LogP contribution is 2.26. The van der Waals surface area contributed by atoms with Crippen LogP contribution < -0.4 is 5.32 Å². The minimum absolute atomic E-state index is 0.104. The number of rotatable bonds is 5. The summed E-state index contributed by atoms with van der Waals surface area (Å²) in [4.78, 5) is 36.3. The molecule has 0 saturated heterocycles. The summed E-state index contributed by atoms with van der Waals surface area (Å²) in [5, 5.41) is 12.0. The van der Waals surface area contributed by atoms with E-state index in [4.69, 9.17) is 5.11 Å². The van der Waals surface area contributed by atoms with Crippen molar-refractivity contribution >= 4 is 34.1 Å². The van der Waals surface area contributed by atoms with Gasteiger partial charge in [0.1, 0.15) is 0 Å². The monoisotopic (exact) mass is 312 g/mol. The average molecular weight is 312 g/mol. The maximum atomic E-state index is 12.5. The minimum atomic E-state index is -0.942. The Bertz CT molecular complexity index is 545. The molecule has 1 aromatic heterocycles. The molecule has 0 radical (unpaired) electrons. The van der Waals surface area contributed by atoms with Crippen molar-refractivity contribution in [1.29, 1.82) is 0 Å². The van der Waals surface area contributed by atoms with E-state index in [-0.39, 0.29) is 24.8 Å². The van der Waals surface area contributed by atoms with Gasteiger partial charge in [-0.25, -0.2) is 0 Å². The third kappa shape index (κ3) is 5.18. The number of amides is 2. The van der Waals surface area contributed by atoms with Crippen LogP contribution in [0.1, 0.15) is 43.8 Å². The SMILES string of the molecule is CC(=O)Nc1ccc(C(=O)N(CCC(=O)O)C(C)(C)C)s1. The fourth-order valence-electron chi connectivity index (χ4n) is 1.78. The zero-order valence-corrected chi connectivity index (χ0v) is 13.4. The molecule has 2 amide bonds. The van der Waals surface area contributed by atoms with Crippen molar-refractivity contribution in [3.8, 4) is 0 Å². The van der Waals surface area contributed by atoms with E-state index in [1.807, 2.05) is 20.8 Å². The molecule has 1 aromatic rings. The van der Waals surface area contributed by atoms with Gasteiger partial charge in [0.2, 0.25) is 5.91 Å². The summed E-state index contributed by atoms with van der Waals surface area (Å²) in [6.07, 6.45) is -0.104. The summed E-state index contributed by atoms with van der Waals surface area (Å²) >= 11 is 1.18. The Kier molecular flexibility index (Phi) is 5.48. The Balaban J connectivity index is 2.91. The second kappa shape index (κ2) is 6.71. The zero-order valence-electron chi connectivity index (χ0n) is 12.6. The Morgan fingerprint density at radius 1 is 1.29 bits per heavy atom. The smallest absolute Gasteiger partial charge is 0.305 e. The van der Waals surface area contributed by atoms with Gasteiger partial charge in [-0.3, -0.25) is 14.4 Å². The van der Waals surface area contributed by atoms with Gasteiger partial charge in [0.05, 0.1) is 16.3 Å². The van der Waals surface area contributed by atoms with E-state index in [1.165, 1.54) is 23.2 Å². The van der Waals surface area contributed by atoms with Crippen LogP contribution >= 0.6 is 11.3 Å². The van der Waals surface area contributed by atoms with Crippen LogP contribution in [0.4, 0.5) is 5.00 Å². The topological polar surface area (TPSA) is 86.7 Å². The first kappa shape index (κ1) is 17.2. The molecule has 0 aliphatic carbocycles. The van der Waals surface area contributed by atoms with Crippen LogP contribution in [0.3, 0.4) is 0 Å². The highest BCUT2D eigenvalue weighted by molar-refractivity contribution is 7.18. The second-order valence-electron chi connectivity index (χ2n) is 5.62. The first-order valence-electron chi connectivity index (χ1n) is 6.52. The number of hydrogen-bond acceptors (Lipinski definition) is 4. The maximum Gasteiger partial charge on any atom is 0.305 e. The van der Waals surface area contributed by atoms with Crippen LogP contribution in [0.15, 0.2) is 12.1 Å². The van der Waals surface area contributed by atoms with E-state index in [2.05, 4.69) is 5.32 Å². The fourth-order valence-corrected chi connectivity index (χ4v) is 2.68. The van der Waals surface area contributed by atoms with Crippen molar-refractivity contribution in [3.05, 3.63) is 17.0 Å². The zero-order chi connectivity index (χ0) is 16.2.